The lowest BCUT2D eigenvalue weighted by atomic mass is 10.1. The highest BCUT2D eigenvalue weighted by Gasteiger charge is 2.33. The number of rotatable bonds is 6. The molecule has 0 fully saturated rings. The molecule has 0 aliphatic heterocycles. The molecule has 2 amide bonds. The number of nitro groups is 1. The van der Waals surface area contributed by atoms with E-state index >= 15 is 0 Å². The van der Waals surface area contributed by atoms with Crippen LogP contribution in [0.4, 0.5) is 24.5 Å². The third kappa shape index (κ3) is 6.01. The van der Waals surface area contributed by atoms with Gasteiger partial charge in [-0.25, -0.2) is 8.42 Å². The molecule has 0 unspecified atom stereocenters. The Morgan fingerprint density at radius 1 is 1.10 bits per heavy atom. The van der Waals surface area contributed by atoms with Crippen molar-refractivity contribution in [3.05, 3.63) is 63.7 Å². The second kappa shape index (κ2) is 8.71. The van der Waals surface area contributed by atoms with Crippen molar-refractivity contribution in [2.45, 2.75) is 24.0 Å². The van der Waals surface area contributed by atoms with Crippen molar-refractivity contribution in [2.75, 3.05) is 11.6 Å². The van der Waals surface area contributed by atoms with E-state index in [1.807, 2.05) is 0 Å². The van der Waals surface area contributed by atoms with Crippen molar-refractivity contribution in [1.29, 1.82) is 0 Å². The molecule has 13 heteroatoms. The zero-order chi connectivity index (χ0) is 23.6. The van der Waals surface area contributed by atoms with Gasteiger partial charge in [0.05, 0.1) is 20.9 Å². The predicted molar refractivity (Wildman–Crippen MR) is 103 cm³/mol. The Hall–Kier alpha value is -3.48. The third-order valence-electron chi connectivity index (χ3n) is 4.04. The maximum Gasteiger partial charge on any atom is 0.416 e. The van der Waals surface area contributed by atoms with Crippen LogP contribution in [0.25, 0.3) is 0 Å². The molecular formula is C18H16F3N3O6S. The van der Waals surface area contributed by atoms with Gasteiger partial charge in [-0.3, -0.25) is 19.7 Å². The van der Waals surface area contributed by atoms with Crippen molar-refractivity contribution >= 4 is 33.0 Å². The standard InChI is InChI=1S/C18H16F3N3O6S/c1-10(16(25)23-12-4-6-13(7-5-12)24(27)28)22-17(26)14-8-3-11(18(19,20)21)9-15(14)31(2,29)30/h3-10H,1-2H3,(H,22,26)(H,23,25)/t10-/m0/s1. The number of carbonyl (C=O) groups is 2. The number of halogens is 3. The number of nitro benzene ring substituents is 1. The van der Waals surface area contributed by atoms with Crippen LogP contribution in [0.1, 0.15) is 22.8 Å². The van der Waals surface area contributed by atoms with Crippen molar-refractivity contribution in [1.82, 2.24) is 5.32 Å². The molecule has 9 nitrogen and oxygen atoms in total. The largest absolute Gasteiger partial charge is 0.416 e. The average molecular weight is 459 g/mol. The topological polar surface area (TPSA) is 135 Å². The van der Waals surface area contributed by atoms with Crippen LogP contribution < -0.4 is 10.6 Å². The molecule has 0 radical (unpaired) electrons. The number of sulfone groups is 1. The van der Waals surface area contributed by atoms with Gasteiger partial charge >= 0.3 is 6.18 Å². The lowest BCUT2D eigenvalue weighted by molar-refractivity contribution is -0.384. The first-order valence-electron chi connectivity index (χ1n) is 8.47. The van der Waals surface area contributed by atoms with E-state index in [-0.39, 0.29) is 11.4 Å². The summed E-state index contributed by atoms with van der Waals surface area (Å²) >= 11 is 0. The zero-order valence-electron chi connectivity index (χ0n) is 16.1. The van der Waals surface area contributed by atoms with Crippen LogP contribution in [0.3, 0.4) is 0 Å². The Labute approximate surface area is 174 Å². The Morgan fingerprint density at radius 3 is 2.16 bits per heavy atom. The van der Waals surface area contributed by atoms with Gasteiger partial charge in [-0.15, -0.1) is 0 Å². The molecule has 0 saturated heterocycles. The fraction of sp³-hybridized carbons (Fsp3) is 0.222. The molecule has 31 heavy (non-hydrogen) atoms. The smallest absolute Gasteiger partial charge is 0.340 e. The number of amides is 2. The van der Waals surface area contributed by atoms with Crippen LogP contribution in [-0.2, 0) is 20.8 Å². The number of hydrogen-bond acceptors (Lipinski definition) is 6. The second-order valence-electron chi connectivity index (χ2n) is 6.47. The molecule has 166 valence electrons. The minimum Gasteiger partial charge on any atom is -0.340 e. The highest BCUT2D eigenvalue weighted by atomic mass is 32.2. The fourth-order valence-corrected chi connectivity index (χ4v) is 3.35. The Bertz CT molecular complexity index is 1130. The van der Waals surface area contributed by atoms with Crippen molar-refractivity contribution in [2.24, 2.45) is 0 Å². The molecule has 2 aromatic carbocycles. The maximum absolute atomic E-state index is 12.9. The van der Waals surface area contributed by atoms with E-state index in [0.717, 1.165) is 18.2 Å². The molecular weight excluding hydrogens is 443 g/mol. The second-order valence-corrected chi connectivity index (χ2v) is 8.45. The monoisotopic (exact) mass is 459 g/mol. The summed E-state index contributed by atoms with van der Waals surface area (Å²) in [5.41, 5.74) is -1.79. The quantitative estimate of drug-likeness (QED) is 0.504. The summed E-state index contributed by atoms with van der Waals surface area (Å²) in [6.45, 7) is 1.27. The maximum atomic E-state index is 12.9. The zero-order valence-corrected chi connectivity index (χ0v) is 16.9. The molecule has 0 heterocycles. The lowest BCUT2D eigenvalue weighted by Gasteiger charge is -2.16. The molecule has 1 atom stereocenters. The van der Waals surface area contributed by atoms with Crippen LogP contribution in [0.2, 0.25) is 0 Å². The van der Waals surface area contributed by atoms with Gasteiger partial charge < -0.3 is 10.6 Å². The molecule has 0 saturated carbocycles. The number of carbonyl (C=O) groups excluding carboxylic acids is 2. The molecule has 2 rings (SSSR count). The molecule has 0 aliphatic carbocycles. The van der Waals surface area contributed by atoms with E-state index < -0.39 is 54.8 Å². The van der Waals surface area contributed by atoms with E-state index in [0.29, 0.717) is 18.4 Å². The van der Waals surface area contributed by atoms with Crippen LogP contribution in [0, 0.1) is 10.1 Å². The fourth-order valence-electron chi connectivity index (χ4n) is 2.45. The summed E-state index contributed by atoms with van der Waals surface area (Å²) in [7, 11) is -4.19. The van der Waals surface area contributed by atoms with Crippen LogP contribution in [0.5, 0.6) is 0 Å². The number of anilines is 1. The highest BCUT2D eigenvalue weighted by Crippen LogP contribution is 2.32. The van der Waals surface area contributed by atoms with E-state index in [1.165, 1.54) is 19.1 Å². The third-order valence-corrected chi connectivity index (χ3v) is 5.18. The van der Waals surface area contributed by atoms with Crippen LogP contribution in [0.15, 0.2) is 47.4 Å². The summed E-state index contributed by atoms with van der Waals surface area (Å²) in [4.78, 5) is 33.9. The summed E-state index contributed by atoms with van der Waals surface area (Å²) < 4.78 is 62.5. The first-order valence-corrected chi connectivity index (χ1v) is 10.4. The van der Waals surface area contributed by atoms with Gasteiger partial charge in [0.1, 0.15) is 6.04 Å². The van der Waals surface area contributed by atoms with Crippen LogP contribution in [-0.4, -0.2) is 37.5 Å². The molecule has 2 aromatic rings. The molecule has 0 aromatic heterocycles. The number of non-ortho nitro benzene ring substituents is 1. The van der Waals surface area contributed by atoms with Gasteiger partial charge in [-0.2, -0.15) is 13.2 Å². The summed E-state index contributed by atoms with van der Waals surface area (Å²) in [5, 5.41) is 15.2. The van der Waals surface area contributed by atoms with Crippen LogP contribution >= 0.6 is 0 Å². The first-order chi connectivity index (χ1) is 14.2. The molecule has 0 bridgehead atoms. The van der Waals surface area contributed by atoms with Gasteiger partial charge in [-0.1, -0.05) is 0 Å². The minimum atomic E-state index is -4.81. The van der Waals surface area contributed by atoms with Gasteiger partial charge in [0.25, 0.3) is 11.6 Å². The number of hydrogen-bond donors (Lipinski definition) is 2. The van der Waals surface area contributed by atoms with E-state index in [9.17, 15) is 41.3 Å². The first kappa shape index (κ1) is 23.8. The molecule has 0 spiro atoms. The highest BCUT2D eigenvalue weighted by molar-refractivity contribution is 7.90. The van der Waals surface area contributed by atoms with Gasteiger partial charge in [0, 0.05) is 24.1 Å². The van der Waals surface area contributed by atoms with Gasteiger partial charge in [0.15, 0.2) is 9.84 Å². The predicted octanol–water partition coefficient (Wildman–Crippen LogP) is 2.77. The summed E-state index contributed by atoms with van der Waals surface area (Å²) in [5.74, 6) is -1.81. The SMILES string of the molecule is C[C@H](NC(=O)c1ccc(C(F)(F)F)cc1S(C)(=O)=O)C(=O)Nc1ccc([N+](=O)[O-])cc1. The van der Waals surface area contributed by atoms with E-state index in [4.69, 9.17) is 0 Å². The van der Waals surface area contributed by atoms with E-state index in [1.54, 1.807) is 0 Å². The average Bonchev–Trinajstić information content (AvgIpc) is 2.66. The van der Waals surface area contributed by atoms with Crippen molar-refractivity contribution < 1.29 is 36.1 Å². The normalized spacial score (nSPS) is 12.7. The summed E-state index contributed by atoms with van der Waals surface area (Å²) in [6.07, 6.45) is -4.16. The minimum absolute atomic E-state index is 0.197. The number of alkyl halides is 3. The number of nitrogens with one attached hydrogen (secondary N) is 2. The lowest BCUT2D eigenvalue weighted by Crippen LogP contribution is -2.42. The number of nitrogens with zero attached hydrogens (tertiary/aromatic N) is 1. The summed E-state index contributed by atoms with van der Waals surface area (Å²) in [6, 6.07) is 5.26. The molecule has 2 N–H and O–H groups in total. The Kier molecular flexibility index (Phi) is 6.69. The molecule has 0 aliphatic rings. The Balaban J connectivity index is 2.20. The van der Waals surface area contributed by atoms with Crippen molar-refractivity contribution in [3.8, 4) is 0 Å². The van der Waals surface area contributed by atoms with Crippen molar-refractivity contribution in [3.63, 3.8) is 0 Å². The van der Waals surface area contributed by atoms with Gasteiger partial charge in [-0.05, 0) is 37.3 Å². The van der Waals surface area contributed by atoms with Gasteiger partial charge in [0.2, 0.25) is 5.91 Å². The number of benzene rings is 2. The van der Waals surface area contributed by atoms with E-state index in [2.05, 4.69) is 10.6 Å². The Morgan fingerprint density at radius 2 is 1.68 bits per heavy atom.